The molecule has 5 nitrogen and oxygen atoms in total. The van der Waals surface area contributed by atoms with E-state index in [1.165, 1.54) is 6.92 Å². The molecule has 0 unspecified atom stereocenters. The van der Waals surface area contributed by atoms with Crippen molar-refractivity contribution in [2.75, 3.05) is 26.9 Å². The molecule has 0 rings (SSSR count). The molecule has 0 radical (unpaired) electrons. The van der Waals surface area contributed by atoms with Gasteiger partial charge in [-0.1, -0.05) is 5.23 Å². The molecule has 0 aliphatic heterocycles. The third-order valence-corrected chi connectivity index (χ3v) is 0.999. The number of methoxy groups -OCH3 is 1. The molecule has 0 N–H and O–H groups in total. The van der Waals surface area contributed by atoms with Crippen LogP contribution in [0.5, 0.6) is 0 Å². The average Bonchev–Trinajstić information content (AvgIpc) is 2.03. The minimum atomic E-state index is -0.284. The number of rotatable bonds is 6. The highest BCUT2D eigenvalue weighted by Crippen LogP contribution is 1.92. The normalized spacial score (nSPS) is 9.92. The maximum atomic E-state index is 10.8. The van der Waals surface area contributed by atoms with Gasteiger partial charge < -0.3 is 4.74 Å². The van der Waals surface area contributed by atoms with Crippen molar-refractivity contribution in [1.82, 2.24) is 5.23 Å². The fourth-order valence-electron chi connectivity index (χ4n) is 0.540. The molecule has 0 aromatic heterocycles. The molecule has 0 aromatic carbocycles. The van der Waals surface area contributed by atoms with E-state index < -0.39 is 0 Å². The largest absolute Gasteiger partial charge is 0.382 e. The summed E-state index contributed by atoms with van der Waals surface area (Å²) in [4.78, 5) is 20.5. The van der Waals surface area contributed by atoms with Crippen molar-refractivity contribution in [3.8, 4) is 0 Å². The van der Waals surface area contributed by atoms with Crippen LogP contribution in [0.4, 0.5) is 0 Å². The van der Waals surface area contributed by atoms with Crippen LogP contribution in [0, 0.1) is 0 Å². The van der Waals surface area contributed by atoms with Gasteiger partial charge in [-0.15, -0.1) is 0 Å². The van der Waals surface area contributed by atoms with Gasteiger partial charge in [-0.25, -0.2) is 9.68 Å². The minimum absolute atomic E-state index is 0.284. The summed E-state index contributed by atoms with van der Waals surface area (Å²) in [5.41, 5.74) is 0. The van der Waals surface area contributed by atoms with Crippen LogP contribution < -0.4 is 0 Å². The van der Waals surface area contributed by atoms with Gasteiger partial charge in [-0.2, -0.15) is 0 Å². The lowest BCUT2D eigenvalue weighted by atomic mass is 10.7. The lowest BCUT2D eigenvalue weighted by Gasteiger charge is -2.17. The molecule has 5 heteroatoms. The maximum Gasteiger partial charge on any atom is 0.270 e. The van der Waals surface area contributed by atoms with Crippen molar-refractivity contribution < 1.29 is 19.2 Å². The Hall–Kier alpha value is -0.650. The molecule has 0 heterocycles. The topological polar surface area (TPSA) is 48.0 Å². The summed E-state index contributed by atoms with van der Waals surface area (Å²) in [6, 6.07) is 0. The van der Waals surface area contributed by atoms with E-state index in [9.17, 15) is 4.79 Å². The number of hydrogen-bond acceptors (Lipinski definition) is 4. The first-order valence-corrected chi connectivity index (χ1v) is 3.77. The molecule has 0 saturated heterocycles. The molecule has 0 fully saturated rings. The fraction of sp³-hybridized carbons (Fsp3) is 0.857. The van der Waals surface area contributed by atoms with Crippen molar-refractivity contribution in [2.24, 2.45) is 0 Å². The van der Waals surface area contributed by atoms with Crippen LogP contribution in [0.3, 0.4) is 0 Å². The van der Waals surface area contributed by atoms with Gasteiger partial charge in [0.25, 0.3) is 5.91 Å². The monoisotopic (exact) mass is 177 g/mol. The van der Waals surface area contributed by atoms with Crippen molar-refractivity contribution in [2.45, 2.75) is 13.8 Å². The second-order valence-corrected chi connectivity index (χ2v) is 2.02. The SMILES string of the molecule is CCON(OCCOC)C(C)=O. The lowest BCUT2D eigenvalue weighted by molar-refractivity contribution is -0.340. The maximum absolute atomic E-state index is 10.8. The van der Waals surface area contributed by atoms with Crippen molar-refractivity contribution in [3.63, 3.8) is 0 Å². The third-order valence-electron chi connectivity index (χ3n) is 0.999. The zero-order chi connectivity index (χ0) is 9.40. The van der Waals surface area contributed by atoms with E-state index in [1.54, 1.807) is 14.0 Å². The highest BCUT2D eigenvalue weighted by Gasteiger charge is 2.08. The van der Waals surface area contributed by atoms with E-state index in [2.05, 4.69) is 0 Å². The number of carbonyl (C=O) groups excluding carboxylic acids is 1. The minimum Gasteiger partial charge on any atom is -0.382 e. The van der Waals surface area contributed by atoms with E-state index in [4.69, 9.17) is 14.4 Å². The molecule has 72 valence electrons. The van der Waals surface area contributed by atoms with E-state index in [0.29, 0.717) is 19.8 Å². The zero-order valence-electron chi connectivity index (χ0n) is 7.70. The zero-order valence-corrected chi connectivity index (χ0v) is 7.70. The molecular formula is C7H15NO4. The van der Waals surface area contributed by atoms with Crippen LogP contribution >= 0.6 is 0 Å². The second-order valence-electron chi connectivity index (χ2n) is 2.02. The molecule has 0 aliphatic carbocycles. The first kappa shape index (κ1) is 11.4. The molecule has 0 spiro atoms. The van der Waals surface area contributed by atoms with Crippen molar-refractivity contribution in [3.05, 3.63) is 0 Å². The van der Waals surface area contributed by atoms with Gasteiger partial charge in [0.05, 0.1) is 13.2 Å². The van der Waals surface area contributed by atoms with Crippen LogP contribution in [-0.4, -0.2) is 38.1 Å². The van der Waals surface area contributed by atoms with Crippen molar-refractivity contribution in [1.29, 1.82) is 0 Å². The van der Waals surface area contributed by atoms with Crippen molar-refractivity contribution >= 4 is 5.91 Å². The standard InChI is InChI=1S/C7H15NO4/c1-4-11-8(7(2)9)12-6-5-10-3/h4-6H2,1-3H3. The van der Waals surface area contributed by atoms with Crippen LogP contribution in [0.1, 0.15) is 13.8 Å². The molecular weight excluding hydrogens is 162 g/mol. The second kappa shape index (κ2) is 7.02. The smallest absolute Gasteiger partial charge is 0.270 e. The Morgan fingerprint density at radius 1 is 1.33 bits per heavy atom. The Morgan fingerprint density at radius 3 is 2.42 bits per heavy atom. The van der Waals surface area contributed by atoms with Gasteiger partial charge in [0.2, 0.25) is 0 Å². The Kier molecular flexibility index (Phi) is 6.64. The third kappa shape index (κ3) is 5.06. The summed E-state index contributed by atoms with van der Waals surface area (Å²) in [5.74, 6) is -0.284. The van der Waals surface area contributed by atoms with Gasteiger partial charge in [-0.05, 0) is 6.92 Å². The van der Waals surface area contributed by atoms with E-state index >= 15 is 0 Å². The lowest BCUT2D eigenvalue weighted by Crippen LogP contribution is -2.30. The molecule has 0 bridgehead atoms. The van der Waals surface area contributed by atoms with E-state index in [0.717, 1.165) is 5.23 Å². The first-order valence-electron chi connectivity index (χ1n) is 3.77. The first-order chi connectivity index (χ1) is 5.72. The summed E-state index contributed by atoms with van der Waals surface area (Å²) in [6.45, 7) is 4.26. The van der Waals surface area contributed by atoms with Gasteiger partial charge in [-0.3, -0.25) is 4.79 Å². The van der Waals surface area contributed by atoms with Crippen LogP contribution in [0.15, 0.2) is 0 Å². The summed E-state index contributed by atoms with van der Waals surface area (Å²) >= 11 is 0. The highest BCUT2D eigenvalue weighted by molar-refractivity contribution is 5.70. The number of carbonyl (C=O) groups is 1. The van der Waals surface area contributed by atoms with E-state index in [-0.39, 0.29) is 5.91 Å². The predicted octanol–water partition coefficient (Wildman–Crippen LogP) is 0.364. The van der Waals surface area contributed by atoms with Gasteiger partial charge in [0, 0.05) is 14.0 Å². The molecule has 0 atom stereocenters. The molecule has 0 saturated carbocycles. The number of hydroxylamine groups is 2. The predicted molar refractivity (Wildman–Crippen MR) is 42.0 cm³/mol. The fourth-order valence-corrected chi connectivity index (χ4v) is 0.540. The highest BCUT2D eigenvalue weighted by atomic mass is 17.0. The molecule has 0 aliphatic rings. The van der Waals surface area contributed by atoms with Crippen LogP contribution in [-0.2, 0) is 19.2 Å². The Morgan fingerprint density at radius 2 is 2.00 bits per heavy atom. The summed E-state index contributed by atoms with van der Waals surface area (Å²) in [5, 5.41) is 0.860. The Bertz CT molecular complexity index is 129. The summed E-state index contributed by atoms with van der Waals surface area (Å²) < 4.78 is 4.73. The van der Waals surface area contributed by atoms with Gasteiger partial charge >= 0.3 is 0 Å². The molecule has 12 heavy (non-hydrogen) atoms. The Balaban J connectivity index is 3.56. The number of hydrogen-bond donors (Lipinski definition) is 0. The van der Waals surface area contributed by atoms with Gasteiger partial charge in [0.1, 0.15) is 6.61 Å². The summed E-state index contributed by atoms with van der Waals surface area (Å²) in [7, 11) is 1.56. The molecule has 1 amide bonds. The van der Waals surface area contributed by atoms with Crippen LogP contribution in [0.25, 0.3) is 0 Å². The number of nitrogens with zero attached hydrogens (tertiary/aromatic N) is 1. The van der Waals surface area contributed by atoms with Crippen LogP contribution in [0.2, 0.25) is 0 Å². The molecule has 0 aromatic rings. The summed E-state index contributed by atoms with van der Waals surface area (Å²) in [6.07, 6.45) is 0. The number of ether oxygens (including phenoxy) is 1. The Labute approximate surface area is 72.1 Å². The average molecular weight is 177 g/mol. The number of amides is 1. The quantitative estimate of drug-likeness (QED) is 0.434. The van der Waals surface area contributed by atoms with E-state index in [1.807, 2.05) is 0 Å². The van der Waals surface area contributed by atoms with Gasteiger partial charge in [0.15, 0.2) is 0 Å².